The standard InChI is InChI=1S/C12H10BrNO/c1-14-9(8-15)6-7-12(14)10-4-2-3-5-11(10)13/h2-8H,1H3. The molecule has 0 aliphatic rings. The van der Waals surface area contributed by atoms with E-state index in [2.05, 4.69) is 15.9 Å². The third kappa shape index (κ3) is 1.75. The summed E-state index contributed by atoms with van der Waals surface area (Å²) < 4.78 is 2.91. The second-order valence-electron chi connectivity index (χ2n) is 3.30. The third-order valence-electron chi connectivity index (χ3n) is 2.43. The Morgan fingerprint density at radius 2 is 1.93 bits per heavy atom. The third-order valence-corrected chi connectivity index (χ3v) is 3.12. The van der Waals surface area contributed by atoms with Crippen LogP contribution in [-0.4, -0.2) is 10.9 Å². The molecule has 0 saturated carbocycles. The summed E-state index contributed by atoms with van der Waals surface area (Å²) in [6.07, 6.45) is 0.861. The Balaban J connectivity index is 2.59. The van der Waals surface area contributed by atoms with Crippen LogP contribution < -0.4 is 0 Å². The van der Waals surface area contributed by atoms with Crippen LogP contribution in [0.5, 0.6) is 0 Å². The lowest BCUT2D eigenvalue weighted by atomic mass is 10.1. The van der Waals surface area contributed by atoms with Crippen molar-refractivity contribution in [2.24, 2.45) is 7.05 Å². The first-order valence-corrected chi connectivity index (χ1v) is 5.39. The van der Waals surface area contributed by atoms with Crippen molar-refractivity contribution in [3.8, 4) is 11.3 Å². The van der Waals surface area contributed by atoms with Crippen LogP contribution in [0.1, 0.15) is 10.5 Å². The van der Waals surface area contributed by atoms with Crippen LogP contribution in [0.2, 0.25) is 0 Å². The first kappa shape index (κ1) is 10.2. The number of rotatable bonds is 2. The molecule has 0 aliphatic heterocycles. The topological polar surface area (TPSA) is 22.0 Å². The Bertz CT molecular complexity index is 502. The van der Waals surface area contributed by atoms with Gasteiger partial charge in [-0.3, -0.25) is 4.79 Å². The van der Waals surface area contributed by atoms with Crippen molar-refractivity contribution in [2.45, 2.75) is 0 Å². The Labute approximate surface area is 96.7 Å². The number of benzene rings is 1. The lowest BCUT2D eigenvalue weighted by Crippen LogP contribution is -1.96. The second kappa shape index (κ2) is 4.03. The predicted octanol–water partition coefficient (Wildman–Crippen LogP) is 3.27. The largest absolute Gasteiger partial charge is 0.341 e. The van der Waals surface area contributed by atoms with E-state index in [0.29, 0.717) is 5.69 Å². The molecule has 2 nitrogen and oxygen atoms in total. The van der Waals surface area contributed by atoms with Gasteiger partial charge in [-0.1, -0.05) is 34.1 Å². The van der Waals surface area contributed by atoms with Gasteiger partial charge in [0.1, 0.15) is 0 Å². The van der Waals surface area contributed by atoms with Gasteiger partial charge in [-0.15, -0.1) is 0 Å². The van der Waals surface area contributed by atoms with Crippen molar-refractivity contribution < 1.29 is 4.79 Å². The lowest BCUT2D eigenvalue weighted by Gasteiger charge is -2.06. The van der Waals surface area contributed by atoms with Crippen molar-refractivity contribution >= 4 is 22.2 Å². The smallest absolute Gasteiger partial charge is 0.166 e. The van der Waals surface area contributed by atoms with Gasteiger partial charge in [-0.05, 0) is 18.2 Å². The molecule has 0 aliphatic carbocycles. The van der Waals surface area contributed by atoms with Crippen molar-refractivity contribution in [1.29, 1.82) is 0 Å². The number of carbonyl (C=O) groups is 1. The fourth-order valence-electron chi connectivity index (χ4n) is 1.58. The molecule has 2 aromatic rings. The SMILES string of the molecule is Cn1c(C=O)ccc1-c1ccccc1Br. The highest BCUT2D eigenvalue weighted by Crippen LogP contribution is 2.28. The highest BCUT2D eigenvalue weighted by Gasteiger charge is 2.08. The fraction of sp³-hybridized carbons (Fsp3) is 0.0833. The average Bonchev–Trinajstić information content (AvgIpc) is 2.60. The van der Waals surface area contributed by atoms with Gasteiger partial charge in [0.25, 0.3) is 0 Å². The summed E-state index contributed by atoms with van der Waals surface area (Å²) in [5.41, 5.74) is 2.80. The number of halogens is 1. The van der Waals surface area contributed by atoms with E-state index in [1.54, 1.807) is 0 Å². The molecule has 1 aromatic heterocycles. The molecule has 0 atom stereocenters. The van der Waals surface area contributed by atoms with E-state index in [1.807, 2.05) is 48.0 Å². The average molecular weight is 264 g/mol. The summed E-state index contributed by atoms with van der Waals surface area (Å²) in [6, 6.07) is 11.7. The van der Waals surface area contributed by atoms with Gasteiger partial charge in [0.15, 0.2) is 6.29 Å². The molecule has 0 N–H and O–H groups in total. The zero-order chi connectivity index (χ0) is 10.8. The van der Waals surface area contributed by atoms with Gasteiger partial charge >= 0.3 is 0 Å². The molecule has 2 rings (SSSR count). The van der Waals surface area contributed by atoms with Crippen molar-refractivity contribution in [3.63, 3.8) is 0 Å². The molecule has 3 heteroatoms. The molecule has 76 valence electrons. The second-order valence-corrected chi connectivity index (χ2v) is 4.15. The summed E-state index contributed by atoms with van der Waals surface area (Å²) in [7, 11) is 1.89. The molecule has 0 unspecified atom stereocenters. The molecule has 15 heavy (non-hydrogen) atoms. The Morgan fingerprint density at radius 1 is 1.20 bits per heavy atom. The molecule has 1 aromatic carbocycles. The zero-order valence-corrected chi connectivity index (χ0v) is 9.86. The molecule has 0 saturated heterocycles. The first-order valence-electron chi connectivity index (χ1n) is 4.60. The normalized spacial score (nSPS) is 10.3. The zero-order valence-electron chi connectivity index (χ0n) is 8.27. The Morgan fingerprint density at radius 3 is 2.53 bits per heavy atom. The molecule has 0 radical (unpaired) electrons. The maximum Gasteiger partial charge on any atom is 0.166 e. The van der Waals surface area contributed by atoms with Gasteiger partial charge in [0.05, 0.1) is 5.69 Å². The molecule has 0 fully saturated rings. The van der Waals surface area contributed by atoms with Crippen molar-refractivity contribution in [2.75, 3.05) is 0 Å². The van der Waals surface area contributed by atoms with E-state index in [-0.39, 0.29) is 0 Å². The Kier molecular flexibility index (Phi) is 2.73. The maximum atomic E-state index is 10.7. The van der Waals surface area contributed by atoms with Gasteiger partial charge in [-0.2, -0.15) is 0 Å². The number of nitrogens with zero attached hydrogens (tertiary/aromatic N) is 1. The van der Waals surface area contributed by atoms with E-state index in [0.717, 1.165) is 22.0 Å². The number of aromatic nitrogens is 1. The molecule has 0 bridgehead atoms. The molecule has 1 heterocycles. The molecule has 0 amide bonds. The molecular formula is C12H10BrNO. The van der Waals surface area contributed by atoms with Crippen LogP contribution in [0.15, 0.2) is 40.9 Å². The number of carbonyl (C=O) groups excluding carboxylic acids is 1. The van der Waals surface area contributed by atoms with Crippen LogP contribution in [0.25, 0.3) is 11.3 Å². The maximum absolute atomic E-state index is 10.7. The van der Waals surface area contributed by atoms with Crippen molar-refractivity contribution in [3.05, 3.63) is 46.6 Å². The van der Waals surface area contributed by atoms with Crippen LogP contribution in [0.3, 0.4) is 0 Å². The molecule has 0 spiro atoms. The predicted molar refractivity (Wildman–Crippen MR) is 63.9 cm³/mol. The molecular weight excluding hydrogens is 254 g/mol. The quantitative estimate of drug-likeness (QED) is 0.763. The number of hydrogen-bond acceptors (Lipinski definition) is 1. The van der Waals surface area contributed by atoms with Crippen LogP contribution in [-0.2, 0) is 7.05 Å². The van der Waals surface area contributed by atoms with E-state index >= 15 is 0 Å². The minimum Gasteiger partial charge on any atom is -0.341 e. The minimum atomic E-state index is 0.681. The van der Waals surface area contributed by atoms with E-state index in [9.17, 15) is 4.79 Å². The first-order chi connectivity index (χ1) is 7.24. The van der Waals surface area contributed by atoms with Gasteiger partial charge in [0, 0.05) is 22.8 Å². The van der Waals surface area contributed by atoms with Gasteiger partial charge < -0.3 is 4.57 Å². The van der Waals surface area contributed by atoms with Crippen molar-refractivity contribution in [1.82, 2.24) is 4.57 Å². The number of aldehydes is 1. The van der Waals surface area contributed by atoms with Gasteiger partial charge in [0.2, 0.25) is 0 Å². The lowest BCUT2D eigenvalue weighted by molar-refractivity contribution is 0.111. The summed E-state index contributed by atoms with van der Waals surface area (Å²) >= 11 is 3.50. The van der Waals surface area contributed by atoms with Crippen LogP contribution >= 0.6 is 15.9 Å². The van der Waals surface area contributed by atoms with Crippen LogP contribution in [0, 0.1) is 0 Å². The fourth-order valence-corrected chi connectivity index (χ4v) is 2.07. The van der Waals surface area contributed by atoms with E-state index in [4.69, 9.17) is 0 Å². The summed E-state index contributed by atoms with van der Waals surface area (Å²) in [4.78, 5) is 10.7. The summed E-state index contributed by atoms with van der Waals surface area (Å²) in [6.45, 7) is 0. The Hall–Kier alpha value is -1.35. The van der Waals surface area contributed by atoms with Crippen LogP contribution in [0.4, 0.5) is 0 Å². The highest BCUT2D eigenvalue weighted by atomic mass is 79.9. The minimum absolute atomic E-state index is 0.681. The summed E-state index contributed by atoms with van der Waals surface area (Å²) in [5, 5.41) is 0. The summed E-state index contributed by atoms with van der Waals surface area (Å²) in [5.74, 6) is 0. The van der Waals surface area contributed by atoms with Gasteiger partial charge in [-0.25, -0.2) is 0 Å². The van der Waals surface area contributed by atoms with E-state index in [1.165, 1.54) is 0 Å². The monoisotopic (exact) mass is 263 g/mol. The highest BCUT2D eigenvalue weighted by molar-refractivity contribution is 9.10. The van der Waals surface area contributed by atoms with E-state index < -0.39 is 0 Å². The number of hydrogen-bond donors (Lipinski definition) is 0.